The van der Waals surface area contributed by atoms with Crippen LogP contribution in [0.25, 0.3) is 0 Å². The van der Waals surface area contributed by atoms with Gasteiger partial charge in [0, 0.05) is 27.7 Å². The number of aliphatic carboxylic acids is 2. The zero-order valence-electron chi connectivity index (χ0n) is 37.1. The summed E-state index contributed by atoms with van der Waals surface area (Å²) in [6, 6.07) is -6.54. The van der Waals surface area contributed by atoms with Crippen molar-refractivity contribution in [2.24, 2.45) is 0 Å². The molecule has 4 aliphatic heterocycles. The van der Waals surface area contributed by atoms with Gasteiger partial charge >= 0.3 is 11.9 Å². The van der Waals surface area contributed by atoms with Gasteiger partial charge in [-0.3, -0.25) is 19.2 Å². The molecular formula is C38H62N4O25. The fourth-order valence-corrected chi connectivity index (χ4v) is 8.04. The van der Waals surface area contributed by atoms with Crippen LogP contribution in [-0.2, 0) is 71.4 Å². The van der Waals surface area contributed by atoms with Crippen LogP contribution in [-0.4, -0.2) is 248 Å². The zero-order valence-corrected chi connectivity index (χ0v) is 37.1. The number of nitrogens with one attached hydrogen (secondary N) is 4. The van der Waals surface area contributed by atoms with E-state index >= 15 is 0 Å². The molecule has 0 aromatic carbocycles. The maximum Gasteiger partial charge on any atom is 0.332 e. The molecule has 4 aliphatic rings. The van der Waals surface area contributed by atoms with Gasteiger partial charge in [-0.1, -0.05) is 0 Å². The summed E-state index contributed by atoms with van der Waals surface area (Å²) >= 11 is 0. The van der Waals surface area contributed by atoms with Gasteiger partial charge in [-0.25, -0.2) is 9.59 Å². The number of hydrogen-bond acceptors (Lipinski definition) is 23. The minimum Gasteiger partial charge on any atom is -0.479 e. The highest BCUT2D eigenvalue weighted by atomic mass is 16.8. The Morgan fingerprint density at radius 3 is 1.19 bits per heavy atom. The fraction of sp³-hybridized carbons (Fsp3) is 0.842. The molecule has 0 aromatic heterocycles. The molecule has 0 bridgehead atoms. The Bertz CT molecular complexity index is 1700. The van der Waals surface area contributed by atoms with Gasteiger partial charge in [0.2, 0.25) is 23.6 Å². The Morgan fingerprint density at radius 1 is 0.448 bits per heavy atom. The third-order valence-electron chi connectivity index (χ3n) is 11.2. The zero-order chi connectivity index (χ0) is 50.2. The summed E-state index contributed by atoms with van der Waals surface area (Å²) in [5.74, 6) is -6.13. The topological polar surface area (TPSA) is 436 Å². The lowest BCUT2D eigenvalue weighted by molar-refractivity contribution is -0.366. The molecular weight excluding hydrogens is 912 g/mol. The van der Waals surface area contributed by atoms with Gasteiger partial charge in [0.1, 0.15) is 97.4 Å². The number of amides is 4. The molecule has 29 heteroatoms. The lowest BCUT2D eigenvalue weighted by atomic mass is 9.93. The van der Waals surface area contributed by atoms with Crippen molar-refractivity contribution in [3.63, 3.8) is 0 Å². The number of aliphatic hydroxyl groups excluding tert-OH is 8. The van der Waals surface area contributed by atoms with Crippen molar-refractivity contribution < 1.29 is 122 Å². The van der Waals surface area contributed by atoms with E-state index in [1.165, 1.54) is 0 Å². The van der Waals surface area contributed by atoms with Crippen molar-refractivity contribution in [2.45, 2.75) is 176 Å². The van der Waals surface area contributed by atoms with Crippen LogP contribution in [0, 0.1) is 0 Å². The molecule has 0 spiro atoms. The maximum atomic E-state index is 12.8. The molecule has 4 rings (SSSR count). The van der Waals surface area contributed by atoms with Crippen LogP contribution in [0.1, 0.15) is 41.5 Å². The number of carbonyl (C=O) groups is 6. The van der Waals surface area contributed by atoms with E-state index in [1.807, 2.05) is 0 Å². The Labute approximate surface area is 381 Å². The summed E-state index contributed by atoms with van der Waals surface area (Å²) in [6.07, 6.45) is -31.5. The summed E-state index contributed by atoms with van der Waals surface area (Å²) in [5, 5.41) is 115. The molecule has 0 aliphatic carbocycles. The standard InChI is InChI=1S/C38H62N4O25/c1-11(33(54)55)59-31-23(41-15(5)49)35(58)61-19(9-45)29(31)66-37-22(40-14(4)48)27(53)28(18(8-44)63-37)65-38-24(42-16(6)50)32(60-12(2)34(56)57)30(20(10-46)64-38)67-36-21(39-13(3)47)26(52)25(51)17(7-43)62-36/h11-12,17-32,35-38,43-46,51-53,58H,7-10H2,1-6H3,(H,39,47)(H,40,48)(H,41,49)(H,42,50)(H,54,55)(H,56,57)/t11-,12-,17-,18+,19+,20+,21+,22-,23-,24-,25-,26+,27+,28-,29-,30-,31+,32+,35+,36+,37-,38-/m1/s1. The SMILES string of the molecule is CC(=O)N[C@@H]1[C@H](O[C@H]2[C@@H](O[C@H](C)C(=O)O)[C@@H](NC(C)=O)[C@@H](O[C@H]3[C@@H](O)[C@@H](NC(C)=O)[C@@H](O[C@H]4[C@@H](O[C@H](C)C(=O)O)[C@@H](NC(C)=O)[C@@H](O)O[C@H]4CO)O[C@H]3CO)O[C@H]2CO)O[C@H](CO)[C@@H](O)[C@H]1O. The van der Waals surface area contributed by atoms with Crippen molar-refractivity contribution in [1.82, 2.24) is 21.3 Å². The number of hydrogen-bond donors (Lipinski definition) is 14. The average Bonchev–Trinajstić information content (AvgIpc) is 3.25. The van der Waals surface area contributed by atoms with Crippen LogP contribution in [0.5, 0.6) is 0 Å². The number of carboxylic acid groups (broad SMARTS) is 2. The van der Waals surface area contributed by atoms with E-state index in [9.17, 15) is 79.8 Å². The van der Waals surface area contributed by atoms with E-state index in [0.29, 0.717) is 0 Å². The molecule has 4 saturated heterocycles. The lowest BCUT2D eigenvalue weighted by Gasteiger charge is -2.52. The van der Waals surface area contributed by atoms with Crippen LogP contribution in [0.2, 0.25) is 0 Å². The summed E-state index contributed by atoms with van der Waals surface area (Å²) in [5.41, 5.74) is 0. The number of rotatable bonds is 20. The van der Waals surface area contributed by atoms with E-state index in [0.717, 1.165) is 41.5 Å². The van der Waals surface area contributed by atoms with Gasteiger partial charge in [0.15, 0.2) is 37.4 Å². The highest BCUT2D eigenvalue weighted by molar-refractivity contribution is 5.75. The minimum atomic E-state index is -2.02. The molecule has 4 heterocycles. The second-order valence-corrected chi connectivity index (χ2v) is 16.3. The van der Waals surface area contributed by atoms with E-state index in [1.54, 1.807) is 0 Å². The number of carbonyl (C=O) groups excluding carboxylic acids is 4. The first kappa shape index (κ1) is 55.7. The van der Waals surface area contributed by atoms with Gasteiger partial charge in [-0.05, 0) is 13.8 Å². The van der Waals surface area contributed by atoms with Gasteiger partial charge in [-0.2, -0.15) is 0 Å². The third-order valence-corrected chi connectivity index (χ3v) is 11.2. The van der Waals surface area contributed by atoms with Crippen molar-refractivity contribution in [3.05, 3.63) is 0 Å². The first-order valence-electron chi connectivity index (χ1n) is 21.1. The second kappa shape index (κ2) is 24.6. The van der Waals surface area contributed by atoms with Crippen LogP contribution in [0.4, 0.5) is 0 Å². The van der Waals surface area contributed by atoms with Crippen molar-refractivity contribution in [2.75, 3.05) is 26.4 Å². The predicted octanol–water partition coefficient (Wildman–Crippen LogP) is -8.18. The van der Waals surface area contributed by atoms with Gasteiger partial charge < -0.3 is 115 Å². The second-order valence-electron chi connectivity index (χ2n) is 16.3. The predicted molar refractivity (Wildman–Crippen MR) is 212 cm³/mol. The maximum absolute atomic E-state index is 12.8. The van der Waals surface area contributed by atoms with Crippen LogP contribution in [0.3, 0.4) is 0 Å². The van der Waals surface area contributed by atoms with Crippen molar-refractivity contribution >= 4 is 35.6 Å². The molecule has 4 fully saturated rings. The normalized spacial score (nSPS) is 39.9. The molecule has 0 unspecified atom stereocenters. The van der Waals surface area contributed by atoms with Crippen molar-refractivity contribution in [1.29, 1.82) is 0 Å². The minimum absolute atomic E-state index is 0.731. The Balaban J connectivity index is 1.75. The highest BCUT2D eigenvalue weighted by Crippen LogP contribution is 2.36. The summed E-state index contributed by atoms with van der Waals surface area (Å²) in [7, 11) is 0. The Kier molecular flexibility index (Phi) is 20.5. The molecule has 384 valence electrons. The molecule has 0 saturated carbocycles. The molecule has 29 nitrogen and oxygen atoms in total. The smallest absolute Gasteiger partial charge is 0.332 e. The van der Waals surface area contributed by atoms with E-state index in [-0.39, 0.29) is 0 Å². The monoisotopic (exact) mass is 974 g/mol. The quantitative estimate of drug-likeness (QED) is 0.0539. The first-order valence-corrected chi connectivity index (χ1v) is 21.1. The number of carboxylic acids is 2. The molecule has 14 N–H and O–H groups in total. The molecule has 4 amide bonds. The van der Waals surface area contributed by atoms with Crippen LogP contribution < -0.4 is 21.3 Å². The lowest BCUT2D eigenvalue weighted by Crippen LogP contribution is -2.72. The largest absolute Gasteiger partial charge is 0.479 e. The fourth-order valence-electron chi connectivity index (χ4n) is 8.04. The highest BCUT2D eigenvalue weighted by Gasteiger charge is 2.57. The summed E-state index contributed by atoms with van der Waals surface area (Å²) in [6.45, 7) is 2.61. The van der Waals surface area contributed by atoms with E-state index in [2.05, 4.69) is 21.3 Å². The average molecular weight is 975 g/mol. The molecule has 0 radical (unpaired) electrons. The van der Waals surface area contributed by atoms with Gasteiger partial charge in [0.25, 0.3) is 0 Å². The number of aliphatic hydroxyl groups is 8. The van der Waals surface area contributed by atoms with Crippen LogP contribution in [0.15, 0.2) is 0 Å². The Hall–Kier alpha value is -3.86. The van der Waals surface area contributed by atoms with Gasteiger partial charge in [0.05, 0.1) is 26.4 Å². The number of ether oxygens (including phenoxy) is 9. The summed E-state index contributed by atoms with van der Waals surface area (Å²) < 4.78 is 53.4. The third kappa shape index (κ3) is 13.7. The van der Waals surface area contributed by atoms with Crippen LogP contribution >= 0.6 is 0 Å². The van der Waals surface area contributed by atoms with Gasteiger partial charge in [-0.15, -0.1) is 0 Å². The van der Waals surface area contributed by atoms with Crippen molar-refractivity contribution in [3.8, 4) is 0 Å². The molecule has 67 heavy (non-hydrogen) atoms. The summed E-state index contributed by atoms with van der Waals surface area (Å²) in [4.78, 5) is 73.9. The molecule has 0 aromatic rings. The van der Waals surface area contributed by atoms with E-state index < -0.39 is 197 Å². The Morgan fingerprint density at radius 2 is 0.776 bits per heavy atom. The first-order chi connectivity index (χ1) is 31.5. The van der Waals surface area contributed by atoms with E-state index in [4.69, 9.17) is 42.6 Å². The molecule has 22 atom stereocenters.